The average Bonchev–Trinajstić information content (AvgIpc) is 2.40. The van der Waals surface area contributed by atoms with E-state index in [2.05, 4.69) is 15.5 Å². The lowest BCUT2D eigenvalue weighted by molar-refractivity contribution is -0.137. The van der Waals surface area contributed by atoms with Gasteiger partial charge in [-0.1, -0.05) is 6.42 Å². The maximum atomic E-state index is 11.5. The van der Waals surface area contributed by atoms with Gasteiger partial charge in [-0.15, -0.1) is 0 Å². The van der Waals surface area contributed by atoms with Crippen molar-refractivity contribution in [2.24, 2.45) is 0 Å². The smallest absolute Gasteiger partial charge is 0.314 e. The fourth-order valence-electron chi connectivity index (χ4n) is 2.04. The normalized spacial score (nSPS) is 19.6. The Bertz CT molecular complexity index is 312. The van der Waals surface area contributed by atoms with Crippen molar-refractivity contribution in [3.8, 4) is 0 Å². The topological polar surface area (TPSA) is 90.9 Å². The van der Waals surface area contributed by atoms with Gasteiger partial charge in [0.15, 0.2) is 0 Å². The SMILES string of the molecule is CN1CCOC(CNC(=O)NCCCCCC(=O)O)C1. The van der Waals surface area contributed by atoms with Crippen molar-refractivity contribution in [2.45, 2.75) is 31.8 Å². The second kappa shape index (κ2) is 9.55. The number of nitrogens with zero attached hydrogens (tertiary/aromatic N) is 1. The predicted octanol–water partition coefficient (Wildman–Crippen LogP) is 0.261. The number of likely N-dealkylation sites (N-methyl/N-ethyl adjacent to an activating group) is 1. The molecule has 1 atom stereocenters. The van der Waals surface area contributed by atoms with Crippen molar-refractivity contribution in [2.75, 3.05) is 39.8 Å². The largest absolute Gasteiger partial charge is 0.481 e. The number of nitrogens with one attached hydrogen (secondary N) is 2. The number of hydrogen-bond acceptors (Lipinski definition) is 4. The molecule has 1 heterocycles. The van der Waals surface area contributed by atoms with Crippen LogP contribution in [0.2, 0.25) is 0 Å². The number of rotatable bonds is 8. The standard InChI is InChI=1S/C13H25N3O4/c1-16-7-8-20-11(10-16)9-15-13(19)14-6-4-2-3-5-12(17)18/h11H,2-10H2,1H3,(H,17,18)(H2,14,15,19). The predicted molar refractivity (Wildman–Crippen MR) is 74.7 cm³/mol. The number of ether oxygens (including phenoxy) is 1. The molecule has 0 aromatic heterocycles. The zero-order valence-corrected chi connectivity index (χ0v) is 12.1. The Morgan fingerprint density at radius 2 is 2.10 bits per heavy atom. The molecule has 1 rings (SSSR count). The maximum absolute atomic E-state index is 11.5. The van der Waals surface area contributed by atoms with Crippen LogP contribution in [0.3, 0.4) is 0 Å². The van der Waals surface area contributed by atoms with E-state index in [1.807, 2.05) is 7.05 Å². The van der Waals surface area contributed by atoms with E-state index in [4.69, 9.17) is 9.84 Å². The van der Waals surface area contributed by atoms with Gasteiger partial charge in [-0.25, -0.2) is 4.79 Å². The molecule has 0 saturated carbocycles. The monoisotopic (exact) mass is 287 g/mol. The second-order valence-electron chi connectivity index (χ2n) is 5.10. The van der Waals surface area contributed by atoms with Crippen LogP contribution in [0.4, 0.5) is 4.79 Å². The Labute approximate surface area is 119 Å². The van der Waals surface area contributed by atoms with Crippen LogP contribution in [0.25, 0.3) is 0 Å². The van der Waals surface area contributed by atoms with Gasteiger partial charge >= 0.3 is 12.0 Å². The number of hydrogen-bond donors (Lipinski definition) is 3. The molecule has 3 N–H and O–H groups in total. The van der Waals surface area contributed by atoms with E-state index in [1.165, 1.54) is 0 Å². The Kier molecular flexibility index (Phi) is 7.98. The van der Waals surface area contributed by atoms with Crippen molar-refractivity contribution in [1.82, 2.24) is 15.5 Å². The summed E-state index contributed by atoms with van der Waals surface area (Å²) in [5, 5.41) is 14.0. The minimum absolute atomic E-state index is 0.0510. The average molecular weight is 287 g/mol. The zero-order chi connectivity index (χ0) is 14.8. The van der Waals surface area contributed by atoms with E-state index < -0.39 is 5.97 Å². The van der Waals surface area contributed by atoms with Crippen molar-refractivity contribution < 1.29 is 19.4 Å². The number of carbonyl (C=O) groups is 2. The number of carboxylic acids is 1. The second-order valence-corrected chi connectivity index (χ2v) is 5.10. The molecular weight excluding hydrogens is 262 g/mol. The first-order chi connectivity index (χ1) is 9.58. The number of carbonyl (C=O) groups excluding carboxylic acids is 1. The third kappa shape index (κ3) is 7.96. The summed E-state index contributed by atoms with van der Waals surface area (Å²) in [6, 6.07) is -0.194. The number of carboxylic acid groups (broad SMARTS) is 1. The Balaban J connectivity index is 1.96. The molecule has 1 fully saturated rings. The van der Waals surface area contributed by atoms with Gasteiger partial charge in [0, 0.05) is 32.6 Å². The van der Waals surface area contributed by atoms with Gasteiger partial charge in [-0.2, -0.15) is 0 Å². The quantitative estimate of drug-likeness (QED) is 0.557. The molecule has 116 valence electrons. The van der Waals surface area contributed by atoms with Crippen LogP contribution in [0, 0.1) is 0 Å². The fourth-order valence-corrected chi connectivity index (χ4v) is 2.04. The van der Waals surface area contributed by atoms with E-state index in [0.29, 0.717) is 26.1 Å². The Morgan fingerprint density at radius 3 is 2.80 bits per heavy atom. The molecule has 0 radical (unpaired) electrons. The summed E-state index contributed by atoms with van der Waals surface area (Å²) < 4.78 is 5.54. The van der Waals surface area contributed by atoms with E-state index in [1.54, 1.807) is 0 Å². The van der Waals surface area contributed by atoms with Gasteiger partial charge in [0.2, 0.25) is 0 Å². The first kappa shape index (κ1) is 16.7. The van der Waals surface area contributed by atoms with Gasteiger partial charge in [0.25, 0.3) is 0 Å². The van der Waals surface area contributed by atoms with Gasteiger partial charge < -0.3 is 25.4 Å². The summed E-state index contributed by atoms with van der Waals surface area (Å²) in [6.45, 7) is 3.54. The maximum Gasteiger partial charge on any atom is 0.314 e. The Hall–Kier alpha value is -1.34. The Morgan fingerprint density at radius 1 is 1.30 bits per heavy atom. The van der Waals surface area contributed by atoms with E-state index in [9.17, 15) is 9.59 Å². The highest BCUT2D eigenvalue weighted by molar-refractivity contribution is 5.73. The van der Waals surface area contributed by atoms with E-state index >= 15 is 0 Å². The van der Waals surface area contributed by atoms with Crippen molar-refractivity contribution in [1.29, 1.82) is 0 Å². The highest BCUT2D eigenvalue weighted by Crippen LogP contribution is 2.01. The summed E-state index contributed by atoms with van der Waals surface area (Å²) in [5.41, 5.74) is 0. The lowest BCUT2D eigenvalue weighted by Crippen LogP contribution is -2.47. The van der Waals surface area contributed by atoms with Crippen molar-refractivity contribution in [3.63, 3.8) is 0 Å². The molecular formula is C13H25N3O4. The third-order valence-electron chi connectivity index (χ3n) is 3.19. The molecule has 1 saturated heterocycles. The lowest BCUT2D eigenvalue weighted by Gasteiger charge is -2.30. The minimum atomic E-state index is -0.770. The van der Waals surface area contributed by atoms with Crippen LogP contribution in [0.5, 0.6) is 0 Å². The summed E-state index contributed by atoms with van der Waals surface area (Å²) in [5.74, 6) is -0.770. The van der Waals surface area contributed by atoms with Crippen molar-refractivity contribution in [3.05, 3.63) is 0 Å². The van der Waals surface area contributed by atoms with Gasteiger partial charge in [0.05, 0.1) is 12.7 Å². The van der Waals surface area contributed by atoms with Gasteiger partial charge in [-0.05, 0) is 19.9 Å². The number of aliphatic carboxylic acids is 1. The van der Waals surface area contributed by atoms with Crippen LogP contribution in [-0.2, 0) is 9.53 Å². The molecule has 1 aliphatic rings. The molecule has 0 bridgehead atoms. The number of urea groups is 1. The fraction of sp³-hybridized carbons (Fsp3) is 0.846. The highest BCUT2D eigenvalue weighted by atomic mass is 16.5. The third-order valence-corrected chi connectivity index (χ3v) is 3.19. The van der Waals surface area contributed by atoms with Crippen LogP contribution in [-0.4, -0.2) is 67.9 Å². The molecule has 1 aliphatic heterocycles. The van der Waals surface area contributed by atoms with Gasteiger partial charge in [0.1, 0.15) is 0 Å². The molecule has 0 aliphatic carbocycles. The van der Waals surface area contributed by atoms with Crippen LogP contribution < -0.4 is 10.6 Å². The summed E-state index contributed by atoms with van der Waals surface area (Å²) >= 11 is 0. The number of amides is 2. The molecule has 0 aromatic carbocycles. The molecule has 0 aromatic rings. The highest BCUT2D eigenvalue weighted by Gasteiger charge is 2.17. The van der Waals surface area contributed by atoms with E-state index in [0.717, 1.165) is 25.9 Å². The summed E-state index contributed by atoms with van der Waals surface area (Å²) in [4.78, 5) is 24.0. The number of unbranched alkanes of at least 4 members (excludes halogenated alkanes) is 2. The van der Waals surface area contributed by atoms with Crippen LogP contribution in [0.1, 0.15) is 25.7 Å². The molecule has 7 heteroatoms. The van der Waals surface area contributed by atoms with Crippen LogP contribution in [0.15, 0.2) is 0 Å². The molecule has 2 amide bonds. The van der Waals surface area contributed by atoms with Crippen molar-refractivity contribution >= 4 is 12.0 Å². The molecule has 0 spiro atoms. The summed E-state index contributed by atoms with van der Waals surface area (Å²) in [6.07, 6.45) is 2.50. The first-order valence-electron chi connectivity index (χ1n) is 7.11. The molecule has 20 heavy (non-hydrogen) atoms. The zero-order valence-electron chi connectivity index (χ0n) is 12.1. The lowest BCUT2D eigenvalue weighted by atomic mass is 10.2. The van der Waals surface area contributed by atoms with Crippen LogP contribution >= 0.6 is 0 Å². The van der Waals surface area contributed by atoms with Gasteiger partial charge in [-0.3, -0.25) is 4.79 Å². The molecule has 1 unspecified atom stereocenters. The number of morpholine rings is 1. The first-order valence-corrected chi connectivity index (χ1v) is 7.11. The van der Waals surface area contributed by atoms with E-state index in [-0.39, 0.29) is 18.6 Å². The molecule has 7 nitrogen and oxygen atoms in total. The minimum Gasteiger partial charge on any atom is -0.481 e. The summed E-state index contributed by atoms with van der Waals surface area (Å²) in [7, 11) is 2.03.